The topological polar surface area (TPSA) is 21.6 Å². The van der Waals surface area contributed by atoms with Crippen LogP contribution in [0.15, 0.2) is 4.99 Å². The van der Waals surface area contributed by atoms with Gasteiger partial charge >= 0.3 is 0 Å². The minimum Gasteiger partial charge on any atom is -0.477 e. The van der Waals surface area contributed by atoms with Crippen LogP contribution in [0.5, 0.6) is 0 Å². The smallest absolute Gasteiger partial charge is 0.170 e. The van der Waals surface area contributed by atoms with Gasteiger partial charge in [-0.2, -0.15) is 0 Å². The Kier molecular flexibility index (Phi) is 4.62. The molecule has 0 aliphatic carbocycles. The fourth-order valence-electron chi connectivity index (χ4n) is 2.35. The SMILES string of the molecule is CC(C)CC1(C)CCCCC(C)/N=C\O1. The van der Waals surface area contributed by atoms with Gasteiger partial charge in [-0.3, -0.25) is 4.99 Å². The highest BCUT2D eigenvalue weighted by Crippen LogP contribution is 2.27. The van der Waals surface area contributed by atoms with Crippen molar-refractivity contribution in [1.82, 2.24) is 0 Å². The third-order valence-electron chi connectivity index (χ3n) is 3.07. The fourth-order valence-corrected chi connectivity index (χ4v) is 2.35. The molecule has 1 aliphatic heterocycles. The maximum absolute atomic E-state index is 5.84. The molecule has 0 fully saturated rings. The predicted molar refractivity (Wildman–Crippen MR) is 65.4 cm³/mol. The summed E-state index contributed by atoms with van der Waals surface area (Å²) in [6, 6.07) is 0.423. The van der Waals surface area contributed by atoms with Crippen molar-refractivity contribution in [2.45, 2.75) is 71.4 Å². The minimum atomic E-state index is 0.00171. The third-order valence-corrected chi connectivity index (χ3v) is 3.07. The summed E-state index contributed by atoms with van der Waals surface area (Å²) in [5.74, 6) is 0.682. The molecule has 0 saturated heterocycles. The van der Waals surface area contributed by atoms with Crippen LogP contribution in [0.2, 0.25) is 0 Å². The van der Waals surface area contributed by atoms with E-state index in [4.69, 9.17) is 4.74 Å². The Bertz CT molecular complexity index is 213. The van der Waals surface area contributed by atoms with Crippen molar-refractivity contribution >= 4 is 6.40 Å². The summed E-state index contributed by atoms with van der Waals surface area (Å²) in [7, 11) is 0. The van der Waals surface area contributed by atoms with E-state index in [0.29, 0.717) is 12.0 Å². The predicted octanol–water partition coefficient (Wildman–Crippen LogP) is 3.80. The molecule has 2 atom stereocenters. The summed E-state index contributed by atoms with van der Waals surface area (Å²) in [6.45, 7) is 8.88. The molecule has 0 aromatic rings. The quantitative estimate of drug-likeness (QED) is 0.681. The molecule has 2 nitrogen and oxygen atoms in total. The van der Waals surface area contributed by atoms with Crippen LogP contribution in [0.1, 0.15) is 59.8 Å². The summed E-state index contributed by atoms with van der Waals surface area (Å²) in [5.41, 5.74) is 0.00171. The van der Waals surface area contributed by atoms with Crippen molar-refractivity contribution in [3.05, 3.63) is 0 Å². The molecule has 1 heterocycles. The molecule has 2 heteroatoms. The highest BCUT2D eigenvalue weighted by atomic mass is 16.5. The van der Waals surface area contributed by atoms with Crippen molar-refractivity contribution in [3.8, 4) is 0 Å². The molecule has 1 rings (SSSR count). The van der Waals surface area contributed by atoms with Gasteiger partial charge in [0.15, 0.2) is 6.40 Å². The summed E-state index contributed by atoms with van der Waals surface area (Å²) in [4.78, 5) is 4.40. The molecule has 0 aromatic heterocycles. The lowest BCUT2D eigenvalue weighted by molar-refractivity contribution is 0.0498. The molecular weight excluding hydrogens is 186 g/mol. The van der Waals surface area contributed by atoms with E-state index in [-0.39, 0.29) is 5.60 Å². The second-order valence-corrected chi connectivity index (χ2v) is 5.52. The number of aliphatic imine (C=N–C) groups is 1. The van der Waals surface area contributed by atoms with Crippen LogP contribution in [-0.4, -0.2) is 18.0 Å². The Morgan fingerprint density at radius 2 is 2.20 bits per heavy atom. The van der Waals surface area contributed by atoms with Gasteiger partial charge in [-0.1, -0.05) is 20.3 Å². The first-order valence-electron chi connectivity index (χ1n) is 6.21. The van der Waals surface area contributed by atoms with Crippen LogP contribution in [0, 0.1) is 5.92 Å². The minimum absolute atomic E-state index is 0.00171. The highest BCUT2D eigenvalue weighted by Gasteiger charge is 2.26. The van der Waals surface area contributed by atoms with E-state index >= 15 is 0 Å². The number of hydrogen-bond acceptors (Lipinski definition) is 2. The van der Waals surface area contributed by atoms with E-state index in [1.165, 1.54) is 19.3 Å². The van der Waals surface area contributed by atoms with Gasteiger partial charge in [-0.05, 0) is 45.4 Å². The molecule has 0 amide bonds. The molecule has 0 spiro atoms. The normalized spacial score (nSPS) is 35.1. The lowest BCUT2D eigenvalue weighted by Gasteiger charge is -2.30. The summed E-state index contributed by atoms with van der Waals surface area (Å²) >= 11 is 0. The fraction of sp³-hybridized carbons (Fsp3) is 0.923. The van der Waals surface area contributed by atoms with Crippen molar-refractivity contribution in [2.24, 2.45) is 10.9 Å². The standard InChI is InChI=1S/C13H25NO/c1-11(2)9-13(4)8-6-5-7-12(3)14-10-15-13/h10-12H,5-9H2,1-4H3/b14-10-. The van der Waals surface area contributed by atoms with Crippen LogP contribution < -0.4 is 0 Å². The first kappa shape index (κ1) is 12.5. The maximum Gasteiger partial charge on any atom is 0.170 e. The molecule has 1 aliphatic rings. The molecule has 88 valence electrons. The highest BCUT2D eigenvalue weighted by molar-refractivity contribution is 5.47. The van der Waals surface area contributed by atoms with Gasteiger partial charge in [-0.15, -0.1) is 0 Å². The molecule has 0 radical (unpaired) electrons. The van der Waals surface area contributed by atoms with Crippen LogP contribution in [0.3, 0.4) is 0 Å². The summed E-state index contributed by atoms with van der Waals surface area (Å²) in [5, 5.41) is 0. The van der Waals surface area contributed by atoms with Crippen molar-refractivity contribution in [1.29, 1.82) is 0 Å². The van der Waals surface area contributed by atoms with Gasteiger partial charge in [0.05, 0.1) is 6.04 Å². The molecule has 0 N–H and O–H groups in total. The Morgan fingerprint density at radius 3 is 2.87 bits per heavy atom. The first-order chi connectivity index (χ1) is 7.02. The van der Waals surface area contributed by atoms with E-state index in [0.717, 1.165) is 12.8 Å². The lowest BCUT2D eigenvalue weighted by Crippen LogP contribution is -2.30. The van der Waals surface area contributed by atoms with Gasteiger partial charge in [0.25, 0.3) is 0 Å². The van der Waals surface area contributed by atoms with Gasteiger partial charge < -0.3 is 4.74 Å². The Hall–Kier alpha value is -0.530. The molecule has 0 bridgehead atoms. The second-order valence-electron chi connectivity index (χ2n) is 5.52. The first-order valence-corrected chi connectivity index (χ1v) is 6.21. The third kappa shape index (κ3) is 4.67. The van der Waals surface area contributed by atoms with Crippen LogP contribution >= 0.6 is 0 Å². The van der Waals surface area contributed by atoms with E-state index in [9.17, 15) is 0 Å². The lowest BCUT2D eigenvalue weighted by atomic mass is 9.89. The van der Waals surface area contributed by atoms with E-state index < -0.39 is 0 Å². The average molecular weight is 211 g/mol. The number of rotatable bonds is 2. The van der Waals surface area contributed by atoms with Crippen molar-refractivity contribution in [2.75, 3.05) is 0 Å². The van der Waals surface area contributed by atoms with E-state index in [1.807, 2.05) is 0 Å². The number of ether oxygens (including phenoxy) is 1. The van der Waals surface area contributed by atoms with Crippen LogP contribution in [-0.2, 0) is 4.74 Å². The zero-order chi connectivity index (χ0) is 11.3. The summed E-state index contributed by atoms with van der Waals surface area (Å²) < 4.78 is 5.84. The molecule has 2 unspecified atom stereocenters. The second kappa shape index (κ2) is 5.53. The number of nitrogens with zero attached hydrogens (tertiary/aromatic N) is 1. The van der Waals surface area contributed by atoms with E-state index in [1.54, 1.807) is 6.40 Å². The average Bonchev–Trinajstić information content (AvgIpc) is 2.17. The monoisotopic (exact) mass is 211 g/mol. The molecule has 0 saturated carbocycles. The van der Waals surface area contributed by atoms with Gasteiger partial charge in [0, 0.05) is 0 Å². The largest absolute Gasteiger partial charge is 0.477 e. The Morgan fingerprint density at radius 1 is 1.47 bits per heavy atom. The molecule has 0 aromatic carbocycles. The summed E-state index contributed by atoms with van der Waals surface area (Å²) in [6.07, 6.45) is 7.69. The molecular formula is C13H25NO. The van der Waals surface area contributed by atoms with Gasteiger partial charge in [-0.25, -0.2) is 0 Å². The van der Waals surface area contributed by atoms with E-state index in [2.05, 4.69) is 32.7 Å². The zero-order valence-corrected chi connectivity index (χ0v) is 10.6. The van der Waals surface area contributed by atoms with Gasteiger partial charge in [0.1, 0.15) is 5.60 Å². The maximum atomic E-state index is 5.84. The Labute approximate surface area is 94.1 Å². The van der Waals surface area contributed by atoms with Crippen molar-refractivity contribution in [3.63, 3.8) is 0 Å². The molecule has 15 heavy (non-hydrogen) atoms. The van der Waals surface area contributed by atoms with Crippen LogP contribution in [0.4, 0.5) is 0 Å². The number of hydrogen-bond donors (Lipinski definition) is 0. The van der Waals surface area contributed by atoms with Gasteiger partial charge in [0.2, 0.25) is 0 Å². The van der Waals surface area contributed by atoms with Crippen LogP contribution in [0.25, 0.3) is 0 Å². The van der Waals surface area contributed by atoms with Crippen molar-refractivity contribution < 1.29 is 4.74 Å². The zero-order valence-electron chi connectivity index (χ0n) is 10.6. The Balaban J connectivity index is 2.58.